The van der Waals surface area contributed by atoms with Crippen LogP contribution in [0.5, 0.6) is 23.0 Å². The Labute approximate surface area is 149 Å². The summed E-state index contributed by atoms with van der Waals surface area (Å²) in [5.41, 5.74) is 1.33. The third kappa shape index (κ3) is 2.54. The van der Waals surface area contributed by atoms with E-state index < -0.39 is 13.4 Å². The van der Waals surface area contributed by atoms with Gasteiger partial charge in [0.1, 0.15) is 23.0 Å². The van der Waals surface area contributed by atoms with Gasteiger partial charge >= 0.3 is 13.4 Å². The second kappa shape index (κ2) is 5.70. The van der Waals surface area contributed by atoms with Crippen LogP contribution < -0.4 is 18.1 Å². The molecule has 0 unspecified atom stereocenters. The number of rotatable bonds is 2. The lowest BCUT2D eigenvalue weighted by Crippen LogP contribution is -2.03. The fraction of sp³-hybridized carbons (Fsp3) is 0.143. The molecule has 4 rings (SSSR count). The van der Waals surface area contributed by atoms with Crippen molar-refractivity contribution in [2.45, 2.75) is 0 Å². The molecule has 0 aliphatic carbocycles. The van der Waals surface area contributed by atoms with E-state index in [0.29, 0.717) is 34.1 Å². The quantitative estimate of drug-likeness (QED) is 0.674. The van der Waals surface area contributed by atoms with Gasteiger partial charge in [-0.2, -0.15) is 0 Å². The molecule has 2 heterocycles. The van der Waals surface area contributed by atoms with E-state index in [2.05, 4.69) is 0 Å². The lowest BCUT2D eigenvalue weighted by molar-refractivity contribution is 0.317. The Balaban J connectivity index is 2.08. The molecule has 2 aromatic carbocycles. The van der Waals surface area contributed by atoms with E-state index in [9.17, 15) is 0 Å². The summed E-state index contributed by atoms with van der Waals surface area (Å²) in [4.78, 5) is 0. The predicted octanol–water partition coefficient (Wildman–Crippen LogP) is 4.64. The molecular weight excluding hydrogens is 390 g/mol. The van der Waals surface area contributed by atoms with Crippen LogP contribution >= 0.6 is 13.4 Å². The van der Waals surface area contributed by atoms with Crippen LogP contribution in [0.15, 0.2) is 36.4 Å². The molecule has 0 amide bonds. The van der Waals surface area contributed by atoms with Gasteiger partial charge in [0.15, 0.2) is 0 Å². The van der Waals surface area contributed by atoms with Gasteiger partial charge in [0, 0.05) is 37.8 Å². The van der Waals surface area contributed by atoms with Crippen LogP contribution in [0.3, 0.4) is 0 Å². The molecule has 10 heteroatoms. The highest BCUT2D eigenvalue weighted by atomic mass is 32.5. The Hall–Kier alpha value is -1.14. The first-order chi connectivity index (χ1) is 11.5. The summed E-state index contributed by atoms with van der Waals surface area (Å²) in [5, 5.41) is 0. The molecule has 0 spiro atoms. The topological polar surface area (TPSA) is 55.4 Å². The molecule has 0 N–H and O–H groups in total. The molecule has 24 heavy (non-hydrogen) atoms. The minimum atomic E-state index is -2.99. The van der Waals surface area contributed by atoms with Crippen LogP contribution in [0.1, 0.15) is 0 Å². The second-order valence-electron chi connectivity index (χ2n) is 4.88. The van der Waals surface area contributed by atoms with E-state index >= 15 is 0 Å². The molecule has 0 saturated heterocycles. The van der Waals surface area contributed by atoms with Gasteiger partial charge in [0.2, 0.25) is 0 Å². The van der Waals surface area contributed by atoms with Crippen LogP contribution in [0, 0.1) is 0 Å². The van der Waals surface area contributed by atoms with Crippen LogP contribution in [-0.2, 0) is 32.7 Å². The minimum Gasteiger partial charge on any atom is -0.415 e. The highest BCUT2D eigenvalue weighted by Gasteiger charge is 2.38. The molecule has 0 bridgehead atoms. The Morgan fingerprint density at radius 2 is 0.958 bits per heavy atom. The van der Waals surface area contributed by atoms with Gasteiger partial charge in [-0.05, 0) is 24.3 Å². The maximum absolute atomic E-state index is 5.89. The van der Waals surface area contributed by atoms with Gasteiger partial charge in [-0.1, -0.05) is 12.1 Å². The molecule has 2 aliphatic rings. The summed E-state index contributed by atoms with van der Waals surface area (Å²) in [7, 11) is 2.92. The maximum Gasteiger partial charge on any atom is 0.434 e. The van der Waals surface area contributed by atoms with Gasteiger partial charge in [0.05, 0.1) is 11.1 Å². The lowest BCUT2D eigenvalue weighted by Gasteiger charge is -2.21. The van der Waals surface area contributed by atoms with Crippen molar-refractivity contribution in [3.05, 3.63) is 36.4 Å². The first-order valence-corrected chi connectivity index (χ1v) is 11.9. The van der Waals surface area contributed by atoms with E-state index in [4.69, 9.17) is 50.8 Å². The minimum absolute atomic E-state index is 0.493. The maximum atomic E-state index is 5.89. The van der Waals surface area contributed by atoms with Crippen LogP contribution in [-0.4, -0.2) is 14.2 Å². The summed E-state index contributed by atoms with van der Waals surface area (Å²) in [6, 6.07) is 10.7. The molecule has 0 atom stereocenters. The first kappa shape index (κ1) is 16.3. The summed E-state index contributed by atoms with van der Waals surface area (Å²) in [6.07, 6.45) is 0. The fourth-order valence-corrected chi connectivity index (χ4v) is 5.40. The van der Waals surface area contributed by atoms with Crippen molar-refractivity contribution in [2.24, 2.45) is 0 Å². The highest BCUT2D eigenvalue weighted by molar-refractivity contribution is 8.08. The van der Waals surface area contributed by atoms with Gasteiger partial charge in [0.25, 0.3) is 0 Å². The zero-order valence-corrected chi connectivity index (χ0v) is 16.0. The number of hydrogen-bond donors (Lipinski definition) is 0. The molecule has 0 radical (unpaired) electrons. The van der Waals surface area contributed by atoms with Crippen molar-refractivity contribution in [1.82, 2.24) is 0 Å². The van der Waals surface area contributed by atoms with Crippen LogP contribution in [0.25, 0.3) is 11.1 Å². The van der Waals surface area contributed by atoms with E-state index in [1.54, 1.807) is 36.4 Å². The zero-order valence-electron chi connectivity index (χ0n) is 12.6. The third-order valence-corrected chi connectivity index (χ3v) is 7.88. The first-order valence-electron chi connectivity index (χ1n) is 6.83. The Morgan fingerprint density at radius 3 is 1.21 bits per heavy atom. The Kier molecular flexibility index (Phi) is 3.88. The molecule has 0 fully saturated rings. The van der Waals surface area contributed by atoms with Crippen molar-refractivity contribution in [2.75, 3.05) is 14.2 Å². The Bertz CT molecular complexity index is 799. The van der Waals surface area contributed by atoms with Crippen molar-refractivity contribution < 1.29 is 27.1 Å². The van der Waals surface area contributed by atoms with E-state index in [0.717, 1.165) is 0 Å². The molecule has 0 saturated carbocycles. The molecular formula is C14H12O6P2S2. The van der Waals surface area contributed by atoms with Crippen LogP contribution in [0.4, 0.5) is 0 Å². The SMILES string of the molecule is COP1(=S)Oc2cccc3c2-c2c(cccc2OP(=S)(OC)O3)O1. The largest absolute Gasteiger partial charge is 0.434 e. The fourth-order valence-electron chi connectivity index (χ4n) is 2.49. The van der Waals surface area contributed by atoms with Crippen molar-refractivity contribution in [3.8, 4) is 34.1 Å². The molecule has 2 aliphatic heterocycles. The van der Waals surface area contributed by atoms with Crippen molar-refractivity contribution >= 4 is 37.1 Å². The molecule has 0 aromatic heterocycles. The Morgan fingerprint density at radius 1 is 0.667 bits per heavy atom. The lowest BCUT2D eigenvalue weighted by atomic mass is 10.0. The molecule has 2 aromatic rings. The number of benzene rings is 2. The summed E-state index contributed by atoms with van der Waals surface area (Å²) in [5.74, 6) is 1.97. The average molecular weight is 402 g/mol. The van der Waals surface area contributed by atoms with E-state index in [1.165, 1.54) is 14.2 Å². The van der Waals surface area contributed by atoms with E-state index in [-0.39, 0.29) is 0 Å². The molecule has 126 valence electrons. The standard InChI is InChI=1S/C14H12O6P2S2/c1-15-21(23)17-9-5-3-7-11-13(9)14-10(18-21)6-4-8-12(14)20-22(24,16-2)19-11/h3-8H,1-2H3. The second-order valence-corrected chi connectivity index (χ2v) is 10.8. The van der Waals surface area contributed by atoms with Crippen molar-refractivity contribution in [1.29, 1.82) is 0 Å². The summed E-state index contributed by atoms with van der Waals surface area (Å²) in [6.45, 7) is -5.99. The van der Waals surface area contributed by atoms with Crippen molar-refractivity contribution in [3.63, 3.8) is 0 Å². The number of hydrogen-bond acceptors (Lipinski definition) is 8. The zero-order chi connectivity index (χ0) is 16.9. The van der Waals surface area contributed by atoms with Gasteiger partial charge in [-0.3, -0.25) is 9.05 Å². The predicted molar refractivity (Wildman–Crippen MR) is 97.0 cm³/mol. The highest BCUT2D eigenvalue weighted by Crippen LogP contribution is 2.65. The van der Waals surface area contributed by atoms with E-state index in [1.807, 2.05) is 0 Å². The smallest absolute Gasteiger partial charge is 0.415 e. The third-order valence-electron chi connectivity index (χ3n) is 3.51. The van der Waals surface area contributed by atoms with Gasteiger partial charge in [-0.25, -0.2) is 0 Å². The van der Waals surface area contributed by atoms with Gasteiger partial charge < -0.3 is 18.1 Å². The summed E-state index contributed by atoms with van der Waals surface area (Å²) >= 11 is 10.9. The molecule has 6 nitrogen and oxygen atoms in total. The van der Waals surface area contributed by atoms with Crippen LogP contribution in [0.2, 0.25) is 0 Å². The monoisotopic (exact) mass is 402 g/mol. The summed E-state index contributed by atoms with van der Waals surface area (Å²) < 4.78 is 34.2. The average Bonchev–Trinajstić information content (AvgIpc) is 2.78. The normalized spacial score (nSPS) is 18.6. The van der Waals surface area contributed by atoms with Gasteiger partial charge in [-0.15, -0.1) is 0 Å².